The number of aromatic carboxylic acids is 1. The lowest BCUT2D eigenvalue weighted by Gasteiger charge is -2.26. The topological polar surface area (TPSA) is 108 Å². The van der Waals surface area contributed by atoms with Crippen molar-refractivity contribution in [2.45, 2.75) is 25.5 Å². The van der Waals surface area contributed by atoms with Crippen LogP contribution in [-0.4, -0.2) is 21.0 Å². The smallest absolute Gasteiger partial charge is 0.347 e. The van der Waals surface area contributed by atoms with Crippen molar-refractivity contribution in [2.24, 2.45) is 5.73 Å². The Kier molecular flexibility index (Phi) is 7.29. The molecule has 1 atom stereocenters. The zero-order valence-corrected chi connectivity index (χ0v) is 18.6. The van der Waals surface area contributed by atoms with E-state index in [1.54, 1.807) is 12.4 Å². The number of ether oxygens (including phenoxy) is 2. The average molecular weight is 462 g/mol. The van der Waals surface area contributed by atoms with E-state index in [2.05, 4.69) is 22.1 Å². The molecule has 0 bridgehead atoms. The molecule has 1 unspecified atom stereocenters. The van der Waals surface area contributed by atoms with Crippen LogP contribution in [0.4, 0.5) is 0 Å². The number of nitrogens with zero attached hydrogens (tertiary/aromatic N) is 2. The maximum atomic E-state index is 10.9. The lowest BCUT2D eigenvalue weighted by molar-refractivity contribution is 0.0702. The minimum Gasteiger partial charge on any atom is -0.485 e. The highest BCUT2D eigenvalue weighted by atomic mass is 32.1. The molecule has 5 rings (SSSR count). The van der Waals surface area contributed by atoms with Gasteiger partial charge in [0, 0.05) is 18.9 Å². The molecule has 8 heteroatoms. The summed E-state index contributed by atoms with van der Waals surface area (Å²) in [6.45, 7) is 0.600. The van der Waals surface area contributed by atoms with Crippen molar-refractivity contribution in [1.29, 1.82) is 0 Å². The Morgan fingerprint density at radius 3 is 2.61 bits per heavy atom. The molecule has 0 amide bonds. The van der Waals surface area contributed by atoms with Gasteiger partial charge in [0.15, 0.2) is 0 Å². The predicted molar refractivity (Wildman–Crippen MR) is 126 cm³/mol. The Morgan fingerprint density at radius 2 is 1.94 bits per heavy atom. The highest BCUT2D eigenvalue weighted by molar-refractivity contribution is 7.15. The number of carboxylic acid groups (broad SMARTS) is 1. The van der Waals surface area contributed by atoms with Crippen molar-refractivity contribution < 1.29 is 19.4 Å². The summed E-state index contributed by atoms with van der Waals surface area (Å²) < 4.78 is 11.8. The molecule has 0 radical (unpaired) electrons. The van der Waals surface area contributed by atoms with Gasteiger partial charge in [0.2, 0.25) is 0 Å². The van der Waals surface area contributed by atoms with Crippen molar-refractivity contribution in [1.82, 2.24) is 9.97 Å². The van der Waals surface area contributed by atoms with E-state index in [-0.39, 0.29) is 11.0 Å². The Hall–Kier alpha value is -3.75. The fourth-order valence-electron chi connectivity index (χ4n) is 3.35. The number of hydrogen-bond donors (Lipinski definition) is 2. The van der Waals surface area contributed by atoms with Crippen LogP contribution in [0.1, 0.15) is 38.9 Å². The second-order valence-electron chi connectivity index (χ2n) is 7.28. The monoisotopic (exact) mass is 461 g/mol. The van der Waals surface area contributed by atoms with Gasteiger partial charge in [-0.3, -0.25) is 4.98 Å². The van der Waals surface area contributed by atoms with Crippen LogP contribution in [0, 0.1) is 0 Å². The fraction of sp³-hybridized carbons (Fsp3) is 0.160. The molecule has 1 aliphatic rings. The number of aromatic nitrogens is 2. The van der Waals surface area contributed by atoms with E-state index in [0.29, 0.717) is 17.5 Å². The van der Waals surface area contributed by atoms with E-state index in [4.69, 9.17) is 20.3 Å². The number of carboxylic acids is 1. The summed E-state index contributed by atoms with van der Waals surface area (Å²) >= 11 is 1.01. The van der Waals surface area contributed by atoms with Gasteiger partial charge in [0.25, 0.3) is 5.19 Å². The molecule has 4 aromatic rings. The Morgan fingerprint density at radius 1 is 1.15 bits per heavy atom. The molecular weight excluding hydrogens is 438 g/mol. The SMILES string of the molecule is NCc1ccncc1.O=C(O)c1cnc(Oc2ccc3c(c2)CCC(c2ccccc2)O3)s1. The van der Waals surface area contributed by atoms with Gasteiger partial charge >= 0.3 is 5.97 Å². The molecule has 0 spiro atoms. The molecule has 0 fully saturated rings. The van der Waals surface area contributed by atoms with Gasteiger partial charge in [-0.1, -0.05) is 41.7 Å². The fourth-order valence-corrected chi connectivity index (χ4v) is 3.98. The Bertz CT molecular complexity index is 1200. The summed E-state index contributed by atoms with van der Waals surface area (Å²) in [6.07, 6.45) is 6.64. The maximum Gasteiger partial charge on any atom is 0.347 e. The molecule has 0 saturated heterocycles. The summed E-state index contributed by atoms with van der Waals surface area (Å²) in [5.41, 5.74) is 8.71. The lowest BCUT2D eigenvalue weighted by atomic mass is 9.97. The number of rotatable bonds is 5. The van der Waals surface area contributed by atoms with Crippen LogP contribution in [0.2, 0.25) is 0 Å². The van der Waals surface area contributed by atoms with Crippen LogP contribution in [0.3, 0.4) is 0 Å². The number of carbonyl (C=O) groups is 1. The minimum atomic E-state index is -1.00. The zero-order valence-electron chi connectivity index (χ0n) is 17.8. The number of nitrogens with two attached hydrogens (primary N) is 1. The summed E-state index contributed by atoms with van der Waals surface area (Å²) in [5.74, 6) is 0.489. The van der Waals surface area contributed by atoms with Crippen LogP contribution in [0.25, 0.3) is 0 Å². The molecule has 2 aromatic carbocycles. The van der Waals surface area contributed by atoms with Crippen molar-refractivity contribution >= 4 is 17.3 Å². The molecule has 7 nitrogen and oxygen atoms in total. The predicted octanol–water partition coefficient (Wildman–Crippen LogP) is 5.24. The van der Waals surface area contributed by atoms with Crippen LogP contribution in [0.5, 0.6) is 16.7 Å². The molecule has 1 aliphatic heterocycles. The van der Waals surface area contributed by atoms with E-state index in [9.17, 15) is 4.79 Å². The molecule has 2 aromatic heterocycles. The summed E-state index contributed by atoms with van der Waals surface area (Å²) in [6, 6.07) is 19.6. The number of benzene rings is 2. The van der Waals surface area contributed by atoms with Crippen LogP contribution >= 0.6 is 11.3 Å². The Labute approximate surface area is 195 Å². The first-order valence-electron chi connectivity index (χ1n) is 10.4. The van der Waals surface area contributed by atoms with E-state index in [1.165, 1.54) is 11.8 Å². The largest absolute Gasteiger partial charge is 0.485 e. The van der Waals surface area contributed by atoms with Crippen molar-refractivity contribution in [3.05, 3.63) is 101 Å². The average Bonchev–Trinajstić information content (AvgIpc) is 3.34. The van der Waals surface area contributed by atoms with Gasteiger partial charge in [-0.25, -0.2) is 9.78 Å². The van der Waals surface area contributed by atoms with Crippen molar-refractivity contribution in [3.63, 3.8) is 0 Å². The molecular formula is C25H23N3O4S. The lowest BCUT2D eigenvalue weighted by Crippen LogP contribution is -2.15. The number of aryl methyl sites for hydroxylation is 1. The van der Waals surface area contributed by atoms with Gasteiger partial charge in [0.05, 0.1) is 6.20 Å². The third-order valence-electron chi connectivity index (χ3n) is 5.03. The minimum absolute atomic E-state index is 0.0672. The van der Waals surface area contributed by atoms with Gasteiger partial charge < -0.3 is 20.3 Å². The van der Waals surface area contributed by atoms with Crippen molar-refractivity contribution in [3.8, 4) is 16.7 Å². The molecule has 168 valence electrons. The van der Waals surface area contributed by atoms with Crippen LogP contribution in [0.15, 0.2) is 79.3 Å². The van der Waals surface area contributed by atoms with E-state index < -0.39 is 5.97 Å². The number of fused-ring (bicyclic) bond motifs is 1. The van der Waals surface area contributed by atoms with Gasteiger partial charge in [-0.2, -0.15) is 0 Å². The summed E-state index contributed by atoms with van der Waals surface area (Å²) in [4.78, 5) is 18.9. The van der Waals surface area contributed by atoms with Gasteiger partial charge in [0.1, 0.15) is 22.5 Å². The number of thiazole rings is 1. The number of pyridine rings is 1. The first kappa shape index (κ1) is 22.4. The number of hydrogen-bond acceptors (Lipinski definition) is 7. The second-order valence-corrected chi connectivity index (χ2v) is 8.28. The standard InChI is InChI=1S/C19H15NO4S.C6H8N2/c21-18(22)17-11-20-19(25-17)23-14-7-9-16-13(10-14)6-8-15(24-16)12-4-2-1-3-5-12;7-5-6-1-3-8-4-2-6/h1-5,7,9-11,15H,6,8H2,(H,21,22);1-4H,5,7H2. The first-order chi connectivity index (χ1) is 16.1. The maximum absolute atomic E-state index is 10.9. The molecule has 3 heterocycles. The van der Waals surface area contributed by atoms with Gasteiger partial charge in [-0.15, -0.1) is 0 Å². The Balaban J connectivity index is 0.000000275. The first-order valence-corrected chi connectivity index (χ1v) is 11.2. The molecule has 33 heavy (non-hydrogen) atoms. The van der Waals surface area contributed by atoms with E-state index >= 15 is 0 Å². The highest BCUT2D eigenvalue weighted by Gasteiger charge is 2.22. The van der Waals surface area contributed by atoms with E-state index in [1.807, 2.05) is 48.5 Å². The summed E-state index contributed by atoms with van der Waals surface area (Å²) in [5, 5.41) is 9.26. The van der Waals surface area contributed by atoms with E-state index in [0.717, 1.165) is 41.1 Å². The molecule has 0 aliphatic carbocycles. The third kappa shape index (κ3) is 5.94. The second kappa shape index (κ2) is 10.7. The quantitative estimate of drug-likeness (QED) is 0.418. The normalized spacial score (nSPS) is 14.3. The third-order valence-corrected chi connectivity index (χ3v) is 5.90. The zero-order chi connectivity index (χ0) is 23.0. The molecule has 3 N–H and O–H groups in total. The van der Waals surface area contributed by atoms with Crippen LogP contribution < -0.4 is 15.2 Å². The molecule has 0 saturated carbocycles. The summed E-state index contributed by atoms with van der Waals surface area (Å²) in [7, 11) is 0. The van der Waals surface area contributed by atoms with Crippen LogP contribution in [-0.2, 0) is 13.0 Å². The van der Waals surface area contributed by atoms with Gasteiger partial charge in [-0.05, 0) is 59.9 Å². The van der Waals surface area contributed by atoms with Crippen molar-refractivity contribution in [2.75, 3.05) is 0 Å². The highest BCUT2D eigenvalue weighted by Crippen LogP contribution is 2.37.